The predicted molar refractivity (Wildman–Crippen MR) is 76.4 cm³/mol. The van der Waals surface area contributed by atoms with Crippen LogP contribution in [-0.4, -0.2) is 11.1 Å². The van der Waals surface area contributed by atoms with Crippen molar-refractivity contribution in [3.8, 4) is 6.07 Å². The maximum absolute atomic E-state index is 9.26. The number of benzene rings is 1. The minimum absolute atomic E-state index is 0.245. The average Bonchev–Trinajstić information content (AvgIpc) is 3.30. The van der Waals surface area contributed by atoms with Crippen molar-refractivity contribution in [1.29, 1.82) is 5.26 Å². The standard InChI is InChI=1S/C16H15N3O/c1-12-4-2-3-5-15(12)19(20-14-6-7-14)16-8-9-18-11-13(16)10-17/h2-5,8-9,11,14H,6-7H2,1H3. The number of aryl methyl sites for hydroxylation is 1. The summed E-state index contributed by atoms with van der Waals surface area (Å²) in [6.07, 6.45) is 5.62. The lowest BCUT2D eigenvalue weighted by atomic mass is 10.1. The SMILES string of the molecule is Cc1ccccc1N(OC1CC1)c1ccncc1C#N. The van der Waals surface area contributed by atoms with Gasteiger partial charge in [0, 0.05) is 12.4 Å². The van der Waals surface area contributed by atoms with E-state index in [2.05, 4.69) is 11.1 Å². The topological polar surface area (TPSA) is 49.1 Å². The van der Waals surface area contributed by atoms with Crippen molar-refractivity contribution in [2.24, 2.45) is 0 Å². The molecule has 0 radical (unpaired) electrons. The summed E-state index contributed by atoms with van der Waals surface area (Å²) >= 11 is 0. The van der Waals surface area contributed by atoms with Crippen molar-refractivity contribution >= 4 is 11.4 Å². The van der Waals surface area contributed by atoms with E-state index in [1.807, 2.05) is 37.3 Å². The molecule has 0 unspecified atom stereocenters. The maximum Gasteiger partial charge on any atom is 0.103 e. The zero-order valence-electron chi connectivity index (χ0n) is 11.3. The van der Waals surface area contributed by atoms with Crippen LogP contribution in [0.1, 0.15) is 24.0 Å². The van der Waals surface area contributed by atoms with E-state index < -0.39 is 0 Å². The van der Waals surface area contributed by atoms with Crippen LogP contribution in [0.3, 0.4) is 0 Å². The third kappa shape index (κ3) is 2.49. The van der Waals surface area contributed by atoms with E-state index in [-0.39, 0.29) is 6.10 Å². The lowest BCUT2D eigenvalue weighted by molar-refractivity contribution is 0.120. The molecular weight excluding hydrogens is 250 g/mol. The fourth-order valence-electron chi connectivity index (χ4n) is 2.01. The summed E-state index contributed by atoms with van der Waals surface area (Å²) in [6.45, 7) is 2.03. The molecule has 1 fully saturated rings. The van der Waals surface area contributed by atoms with Crippen molar-refractivity contribution in [2.75, 3.05) is 5.06 Å². The first-order chi connectivity index (χ1) is 9.79. The van der Waals surface area contributed by atoms with Gasteiger partial charge in [0.05, 0.1) is 23.0 Å². The minimum atomic E-state index is 0.245. The number of aromatic nitrogens is 1. The lowest BCUT2D eigenvalue weighted by Crippen LogP contribution is -2.21. The van der Waals surface area contributed by atoms with E-state index in [4.69, 9.17) is 4.84 Å². The van der Waals surface area contributed by atoms with Gasteiger partial charge in [0.15, 0.2) is 0 Å². The van der Waals surface area contributed by atoms with E-state index in [1.54, 1.807) is 17.5 Å². The largest absolute Gasteiger partial charge is 0.265 e. The summed E-state index contributed by atoms with van der Waals surface area (Å²) in [7, 11) is 0. The molecular formula is C16H15N3O. The molecule has 1 aromatic carbocycles. The average molecular weight is 265 g/mol. The van der Waals surface area contributed by atoms with Gasteiger partial charge in [0.1, 0.15) is 6.07 Å². The summed E-state index contributed by atoms with van der Waals surface area (Å²) in [4.78, 5) is 10.0. The molecule has 4 heteroatoms. The Morgan fingerprint density at radius 3 is 2.75 bits per heavy atom. The van der Waals surface area contributed by atoms with Gasteiger partial charge in [-0.3, -0.25) is 9.82 Å². The molecule has 0 spiro atoms. The monoisotopic (exact) mass is 265 g/mol. The summed E-state index contributed by atoms with van der Waals surface area (Å²) < 4.78 is 0. The molecule has 1 aromatic heterocycles. The number of hydrogen-bond donors (Lipinski definition) is 0. The highest BCUT2D eigenvalue weighted by molar-refractivity contribution is 5.68. The van der Waals surface area contributed by atoms with Crippen LogP contribution in [0.15, 0.2) is 42.7 Å². The smallest absolute Gasteiger partial charge is 0.103 e. The van der Waals surface area contributed by atoms with Gasteiger partial charge >= 0.3 is 0 Å². The van der Waals surface area contributed by atoms with Gasteiger partial charge in [-0.05, 0) is 37.5 Å². The van der Waals surface area contributed by atoms with E-state index in [0.717, 1.165) is 29.8 Å². The van der Waals surface area contributed by atoms with Crippen molar-refractivity contribution in [1.82, 2.24) is 4.98 Å². The molecule has 1 heterocycles. The summed E-state index contributed by atoms with van der Waals surface area (Å²) in [6, 6.07) is 12.0. The molecule has 20 heavy (non-hydrogen) atoms. The molecule has 1 aliphatic rings. The molecule has 3 rings (SSSR count). The van der Waals surface area contributed by atoms with E-state index >= 15 is 0 Å². The van der Waals surface area contributed by atoms with Gasteiger partial charge in [-0.1, -0.05) is 18.2 Å². The third-order valence-corrected chi connectivity index (χ3v) is 3.25. The molecule has 0 saturated heterocycles. The first-order valence-corrected chi connectivity index (χ1v) is 6.66. The quantitative estimate of drug-likeness (QED) is 0.794. The molecule has 0 bridgehead atoms. The molecule has 0 N–H and O–H groups in total. The highest BCUT2D eigenvalue weighted by Crippen LogP contribution is 2.35. The van der Waals surface area contributed by atoms with Crippen LogP contribution in [0, 0.1) is 18.3 Å². The zero-order valence-corrected chi connectivity index (χ0v) is 11.3. The highest BCUT2D eigenvalue weighted by Gasteiger charge is 2.28. The number of hydrogen-bond acceptors (Lipinski definition) is 4. The number of anilines is 2. The Morgan fingerprint density at radius 1 is 1.25 bits per heavy atom. The van der Waals surface area contributed by atoms with Gasteiger partial charge in [-0.2, -0.15) is 5.26 Å². The Bertz CT molecular complexity index is 659. The van der Waals surface area contributed by atoms with Crippen LogP contribution in [0.5, 0.6) is 0 Å². The first-order valence-electron chi connectivity index (χ1n) is 6.66. The fraction of sp³-hybridized carbons (Fsp3) is 0.250. The number of pyridine rings is 1. The molecule has 100 valence electrons. The maximum atomic E-state index is 9.26. The van der Waals surface area contributed by atoms with Crippen LogP contribution in [0.4, 0.5) is 11.4 Å². The minimum Gasteiger partial charge on any atom is -0.265 e. The van der Waals surface area contributed by atoms with Crippen LogP contribution >= 0.6 is 0 Å². The Morgan fingerprint density at radius 2 is 2.05 bits per heavy atom. The summed E-state index contributed by atoms with van der Waals surface area (Å²) in [5.41, 5.74) is 3.32. The van der Waals surface area contributed by atoms with Crippen LogP contribution in [0.2, 0.25) is 0 Å². The fourth-order valence-corrected chi connectivity index (χ4v) is 2.01. The van der Waals surface area contributed by atoms with E-state index in [9.17, 15) is 5.26 Å². The second kappa shape index (κ2) is 5.32. The van der Waals surface area contributed by atoms with Crippen LogP contribution in [0.25, 0.3) is 0 Å². The second-order valence-corrected chi connectivity index (χ2v) is 4.89. The molecule has 0 aliphatic heterocycles. The lowest BCUT2D eigenvalue weighted by Gasteiger charge is -2.26. The number of nitriles is 1. The number of para-hydroxylation sites is 1. The van der Waals surface area contributed by atoms with Crippen LogP contribution in [-0.2, 0) is 4.84 Å². The van der Waals surface area contributed by atoms with Crippen molar-refractivity contribution in [3.05, 3.63) is 53.9 Å². The first kappa shape index (κ1) is 12.6. The highest BCUT2D eigenvalue weighted by atomic mass is 16.7. The van der Waals surface area contributed by atoms with Crippen molar-refractivity contribution < 1.29 is 4.84 Å². The van der Waals surface area contributed by atoms with Gasteiger partial charge < -0.3 is 0 Å². The molecule has 1 saturated carbocycles. The Hall–Kier alpha value is -2.38. The molecule has 1 aliphatic carbocycles. The van der Waals surface area contributed by atoms with E-state index in [0.29, 0.717) is 5.56 Å². The van der Waals surface area contributed by atoms with Crippen molar-refractivity contribution in [3.63, 3.8) is 0 Å². The second-order valence-electron chi connectivity index (χ2n) is 4.89. The molecule has 4 nitrogen and oxygen atoms in total. The van der Waals surface area contributed by atoms with Gasteiger partial charge in [0.2, 0.25) is 0 Å². The van der Waals surface area contributed by atoms with Gasteiger partial charge in [0.25, 0.3) is 0 Å². The van der Waals surface area contributed by atoms with Gasteiger partial charge in [-0.15, -0.1) is 0 Å². The van der Waals surface area contributed by atoms with E-state index in [1.165, 1.54) is 0 Å². The van der Waals surface area contributed by atoms with Crippen molar-refractivity contribution in [2.45, 2.75) is 25.9 Å². The number of rotatable bonds is 4. The molecule has 0 amide bonds. The third-order valence-electron chi connectivity index (χ3n) is 3.25. The summed E-state index contributed by atoms with van der Waals surface area (Å²) in [5.74, 6) is 0. The Kier molecular flexibility index (Phi) is 3.36. The van der Waals surface area contributed by atoms with Gasteiger partial charge in [-0.25, -0.2) is 5.06 Å². The predicted octanol–water partition coefficient (Wildman–Crippen LogP) is 3.49. The zero-order chi connectivity index (χ0) is 13.9. The molecule has 0 atom stereocenters. The normalized spacial score (nSPS) is 13.8. The molecule has 2 aromatic rings. The summed E-state index contributed by atoms with van der Waals surface area (Å²) in [5, 5.41) is 11.0. The van der Waals surface area contributed by atoms with Crippen LogP contribution < -0.4 is 5.06 Å². The Balaban J connectivity index is 2.06. The Labute approximate surface area is 118 Å². The number of nitrogens with zero attached hydrogens (tertiary/aromatic N) is 3.